The molecule has 0 aliphatic carbocycles. The minimum atomic E-state index is 0.383. The summed E-state index contributed by atoms with van der Waals surface area (Å²) in [6, 6.07) is 0. The molecule has 15 heavy (non-hydrogen) atoms. The summed E-state index contributed by atoms with van der Waals surface area (Å²) in [5, 5.41) is 7.31. The molecule has 0 spiro atoms. The van der Waals surface area contributed by atoms with Crippen LogP contribution in [0.4, 0.5) is 0 Å². The number of nitrogens with one attached hydrogen (secondary N) is 1. The van der Waals surface area contributed by atoms with Gasteiger partial charge in [0.2, 0.25) is 5.89 Å². The Labute approximate surface area is 89.8 Å². The molecule has 1 saturated heterocycles. The van der Waals surface area contributed by atoms with Crippen LogP contribution in [0.3, 0.4) is 0 Å². The average Bonchev–Trinajstić information content (AvgIpc) is 2.72. The van der Waals surface area contributed by atoms with Crippen molar-refractivity contribution in [2.45, 2.75) is 19.4 Å². The van der Waals surface area contributed by atoms with E-state index in [0.29, 0.717) is 11.8 Å². The van der Waals surface area contributed by atoms with E-state index in [9.17, 15) is 0 Å². The highest BCUT2D eigenvalue weighted by Gasteiger charge is 2.29. The van der Waals surface area contributed by atoms with E-state index in [-0.39, 0.29) is 0 Å². The molecule has 0 bridgehead atoms. The van der Waals surface area contributed by atoms with Gasteiger partial charge in [-0.05, 0) is 26.6 Å². The molecular formula is C10H18N4O. The predicted octanol–water partition coefficient (Wildman–Crippen LogP) is 0.454. The standard InChI is InChI=1S/C10H18N4O/c1-7-4-11-5-8(7)10-12-9(13-15-10)6-14(2)3/h7-8,11H,4-6H2,1-3H3/t7-,8-/m1/s1. The monoisotopic (exact) mass is 210 g/mol. The summed E-state index contributed by atoms with van der Waals surface area (Å²) in [5.74, 6) is 2.52. The highest BCUT2D eigenvalue weighted by molar-refractivity contribution is 5.00. The van der Waals surface area contributed by atoms with E-state index in [2.05, 4.69) is 22.4 Å². The summed E-state index contributed by atoms with van der Waals surface area (Å²) in [4.78, 5) is 6.46. The molecule has 1 fully saturated rings. The molecule has 1 aromatic rings. The number of aromatic nitrogens is 2. The first-order chi connectivity index (χ1) is 7.16. The first-order valence-corrected chi connectivity index (χ1v) is 5.34. The van der Waals surface area contributed by atoms with Gasteiger partial charge in [0.25, 0.3) is 0 Å². The number of rotatable bonds is 3. The highest BCUT2D eigenvalue weighted by Crippen LogP contribution is 2.26. The Bertz CT molecular complexity index is 323. The summed E-state index contributed by atoms with van der Waals surface area (Å²) in [6.07, 6.45) is 0. The van der Waals surface area contributed by atoms with Crippen molar-refractivity contribution in [1.29, 1.82) is 0 Å². The Balaban J connectivity index is 2.06. The molecule has 0 unspecified atom stereocenters. The molecule has 2 heterocycles. The van der Waals surface area contributed by atoms with Crippen molar-refractivity contribution < 1.29 is 4.52 Å². The molecule has 2 atom stereocenters. The van der Waals surface area contributed by atoms with Crippen molar-refractivity contribution in [2.24, 2.45) is 5.92 Å². The summed E-state index contributed by atoms with van der Waals surface area (Å²) in [6.45, 7) is 4.93. The zero-order chi connectivity index (χ0) is 10.8. The highest BCUT2D eigenvalue weighted by atomic mass is 16.5. The van der Waals surface area contributed by atoms with Gasteiger partial charge in [-0.25, -0.2) is 0 Å². The van der Waals surface area contributed by atoms with Gasteiger partial charge >= 0.3 is 0 Å². The van der Waals surface area contributed by atoms with E-state index in [1.54, 1.807) is 0 Å². The minimum Gasteiger partial charge on any atom is -0.339 e. The third-order valence-electron chi connectivity index (χ3n) is 2.78. The third kappa shape index (κ3) is 2.35. The van der Waals surface area contributed by atoms with E-state index in [1.807, 2.05) is 19.0 Å². The topological polar surface area (TPSA) is 54.2 Å². The molecule has 1 aromatic heterocycles. The fraction of sp³-hybridized carbons (Fsp3) is 0.800. The maximum Gasteiger partial charge on any atom is 0.231 e. The van der Waals surface area contributed by atoms with Crippen molar-refractivity contribution in [3.8, 4) is 0 Å². The Kier molecular flexibility index (Phi) is 3.02. The van der Waals surface area contributed by atoms with Crippen LogP contribution in [-0.4, -0.2) is 42.2 Å². The van der Waals surface area contributed by atoms with E-state index in [1.165, 1.54) is 0 Å². The maximum absolute atomic E-state index is 5.29. The normalized spacial score (nSPS) is 26.4. The van der Waals surface area contributed by atoms with Crippen LogP contribution < -0.4 is 5.32 Å². The molecule has 1 aliphatic rings. The number of hydrogen-bond donors (Lipinski definition) is 1. The van der Waals surface area contributed by atoms with E-state index < -0.39 is 0 Å². The Morgan fingerprint density at radius 2 is 2.27 bits per heavy atom. The van der Waals surface area contributed by atoms with Crippen molar-refractivity contribution in [3.63, 3.8) is 0 Å². The number of nitrogens with zero attached hydrogens (tertiary/aromatic N) is 3. The smallest absolute Gasteiger partial charge is 0.231 e. The van der Waals surface area contributed by atoms with Gasteiger partial charge in [0, 0.05) is 6.54 Å². The molecule has 2 rings (SSSR count). The molecule has 5 nitrogen and oxygen atoms in total. The van der Waals surface area contributed by atoms with Gasteiger partial charge in [-0.2, -0.15) is 4.98 Å². The lowest BCUT2D eigenvalue weighted by Crippen LogP contribution is -2.12. The van der Waals surface area contributed by atoms with Gasteiger partial charge in [-0.3, -0.25) is 0 Å². The van der Waals surface area contributed by atoms with Crippen LogP contribution in [-0.2, 0) is 6.54 Å². The van der Waals surface area contributed by atoms with Gasteiger partial charge < -0.3 is 14.7 Å². The predicted molar refractivity (Wildman–Crippen MR) is 56.5 cm³/mol. The van der Waals surface area contributed by atoms with E-state index in [0.717, 1.165) is 31.3 Å². The van der Waals surface area contributed by atoms with Crippen LogP contribution in [0.1, 0.15) is 24.6 Å². The Morgan fingerprint density at radius 3 is 2.87 bits per heavy atom. The van der Waals surface area contributed by atoms with Crippen LogP contribution >= 0.6 is 0 Å². The lowest BCUT2D eigenvalue weighted by Gasteiger charge is -2.07. The molecule has 84 valence electrons. The minimum absolute atomic E-state index is 0.383. The quantitative estimate of drug-likeness (QED) is 0.785. The molecule has 1 aliphatic heterocycles. The van der Waals surface area contributed by atoms with Gasteiger partial charge in [0.15, 0.2) is 5.82 Å². The van der Waals surface area contributed by atoms with E-state index in [4.69, 9.17) is 4.52 Å². The van der Waals surface area contributed by atoms with E-state index >= 15 is 0 Å². The van der Waals surface area contributed by atoms with Crippen molar-refractivity contribution >= 4 is 0 Å². The van der Waals surface area contributed by atoms with Gasteiger partial charge in [0.1, 0.15) is 0 Å². The number of hydrogen-bond acceptors (Lipinski definition) is 5. The van der Waals surface area contributed by atoms with Crippen LogP contribution in [0, 0.1) is 5.92 Å². The molecule has 5 heteroatoms. The second-order valence-corrected chi connectivity index (χ2v) is 4.53. The SMILES string of the molecule is C[C@@H]1CNC[C@H]1c1nc(CN(C)C)no1. The summed E-state index contributed by atoms with van der Waals surface area (Å²) in [7, 11) is 3.99. The fourth-order valence-corrected chi connectivity index (χ4v) is 1.91. The molecule has 0 saturated carbocycles. The van der Waals surface area contributed by atoms with Crippen LogP contribution in [0.2, 0.25) is 0 Å². The summed E-state index contributed by atoms with van der Waals surface area (Å²) in [5.41, 5.74) is 0. The van der Waals surface area contributed by atoms with Crippen LogP contribution in [0.15, 0.2) is 4.52 Å². The summed E-state index contributed by atoms with van der Waals surface area (Å²) >= 11 is 0. The molecular weight excluding hydrogens is 192 g/mol. The lowest BCUT2D eigenvalue weighted by atomic mass is 9.98. The van der Waals surface area contributed by atoms with Crippen LogP contribution in [0.25, 0.3) is 0 Å². The van der Waals surface area contributed by atoms with Crippen molar-refractivity contribution in [3.05, 3.63) is 11.7 Å². The van der Waals surface area contributed by atoms with Gasteiger partial charge in [-0.1, -0.05) is 12.1 Å². The molecule has 0 aromatic carbocycles. The first kappa shape index (κ1) is 10.6. The second-order valence-electron chi connectivity index (χ2n) is 4.53. The third-order valence-corrected chi connectivity index (χ3v) is 2.78. The Hall–Kier alpha value is -0.940. The zero-order valence-corrected chi connectivity index (χ0v) is 9.53. The molecule has 1 N–H and O–H groups in total. The zero-order valence-electron chi connectivity index (χ0n) is 9.53. The average molecular weight is 210 g/mol. The van der Waals surface area contributed by atoms with Gasteiger partial charge in [0.05, 0.1) is 12.5 Å². The largest absolute Gasteiger partial charge is 0.339 e. The van der Waals surface area contributed by atoms with Crippen LogP contribution in [0.5, 0.6) is 0 Å². The lowest BCUT2D eigenvalue weighted by molar-refractivity contribution is 0.327. The van der Waals surface area contributed by atoms with Gasteiger partial charge in [-0.15, -0.1) is 0 Å². The van der Waals surface area contributed by atoms with Crippen molar-refractivity contribution in [1.82, 2.24) is 20.4 Å². The molecule has 0 amide bonds. The fourth-order valence-electron chi connectivity index (χ4n) is 1.91. The van der Waals surface area contributed by atoms with Crippen molar-refractivity contribution in [2.75, 3.05) is 27.2 Å². The maximum atomic E-state index is 5.29. The summed E-state index contributed by atoms with van der Waals surface area (Å²) < 4.78 is 5.29. The Morgan fingerprint density at radius 1 is 1.47 bits per heavy atom. The molecule has 0 radical (unpaired) electrons. The first-order valence-electron chi connectivity index (χ1n) is 5.34. The second kappa shape index (κ2) is 4.28.